The number of thioether (sulfide) groups is 1. The molecule has 0 saturated heterocycles. The molecular weight excluding hydrogens is 432 g/mol. The number of nitrogens with zero attached hydrogens (tertiary/aromatic N) is 3. The number of aryl methyl sites for hydroxylation is 1. The van der Waals surface area contributed by atoms with Gasteiger partial charge in [0.25, 0.3) is 0 Å². The topological polar surface area (TPSA) is 69.0 Å². The number of amides is 1. The minimum atomic E-state index is -0.365. The number of hydrogen-bond donors (Lipinski definition) is 1. The van der Waals surface area contributed by atoms with Gasteiger partial charge >= 0.3 is 0 Å². The summed E-state index contributed by atoms with van der Waals surface area (Å²) in [7, 11) is 1.64. The number of methoxy groups -OCH3 is 1. The third-order valence-corrected chi connectivity index (χ3v) is 6.30. The van der Waals surface area contributed by atoms with Crippen molar-refractivity contribution in [1.82, 2.24) is 14.8 Å². The fraction of sp³-hybridized carbons (Fsp3) is 0.192. The van der Waals surface area contributed by atoms with Crippen LogP contribution in [0.3, 0.4) is 0 Å². The number of hydrogen-bond acceptors (Lipinski definition) is 5. The Morgan fingerprint density at radius 1 is 1.00 bits per heavy atom. The maximum atomic E-state index is 12.8. The van der Waals surface area contributed by atoms with Crippen LogP contribution in [0, 0.1) is 6.92 Å². The smallest absolute Gasteiger partial charge is 0.237 e. The first kappa shape index (κ1) is 22.6. The van der Waals surface area contributed by atoms with Crippen LogP contribution in [0.2, 0.25) is 0 Å². The average Bonchev–Trinajstić information content (AvgIpc) is 3.22. The summed E-state index contributed by atoms with van der Waals surface area (Å²) < 4.78 is 7.59. The predicted octanol–water partition coefficient (Wildman–Crippen LogP) is 5.43. The SMILES string of the molecule is COc1ccccc1-c1nnc(S[C@H](C)C(=O)Nc2ccc(C)cc2)n1Cc1ccccc1. The molecule has 0 spiro atoms. The van der Waals surface area contributed by atoms with Gasteiger partial charge in [0.05, 0.1) is 24.5 Å². The van der Waals surface area contributed by atoms with E-state index >= 15 is 0 Å². The zero-order valence-electron chi connectivity index (χ0n) is 18.9. The molecule has 168 valence electrons. The van der Waals surface area contributed by atoms with Crippen molar-refractivity contribution in [2.45, 2.75) is 30.8 Å². The molecule has 0 aliphatic heterocycles. The van der Waals surface area contributed by atoms with E-state index in [1.54, 1.807) is 7.11 Å². The van der Waals surface area contributed by atoms with Gasteiger partial charge in [-0.1, -0.05) is 71.9 Å². The van der Waals surface area contributed by atoms with Crippen LogP contribution in [0.4, 0.5) is 5.69 Å². The van der Waals surface area contributed by atoms with E-state index in [0.717, 1.165) is 28.1 Å². The molecule has 1 heterocycles. The molecule has 0 saturated carbocycles. The van der Waals surface area contributed by atoms with E-state index in [1.807, 2.05) is 85.1 Å². The van der Waals surface area contributed by atoms with Gasteiger partial charge in [0.2, 0.25) is 5.91 Å². The summed E-state index contributed by atoms with van der Waals surface area (Å²) in [5.74, 6) is 1.34. The van der Waals surface area contributed by atoms with E-state index in [4.69, 9.17) is 4.74 Å². The lowest BCUT2D eigenvalue weighted by atomic mass is 10.1. The zero-order chi connectivity index (χ0) is 23.2. The minimum Gasteiger partial charge on any atom is -0.496 e. The maximum absolute atomic E-state index is 12.8. The van der Waals surface area contributed by atoms with E-state index < -0.39 is 0 Å². The number of nitrogens with one attached hydrogen (secondary N) is 1. The number of para-hydroxylation sites is 1. The first-order valence-corrected chi connectivity index (χ1v) is 11.6. The van der Waals surface area contributed by atoms with Crippen LogP contribution in [0.5, 0.6) is 5.75 Å². The number of carbonyl (C=O) groups is 1. The van der Waals surface area contributed by atoms with E-state index in [9.17, 15) is 4.79 Å². The first-order valence-electron chi connectivity index (χ1n) is 10.7. The Morgan fingerprint density at radius 3 is 2.42 bits per heavy atom. The van der Waals surface area contributed by atoms with Crippen LogP contribution in [0.1, 0.15) is 18.1 Å². The molecule has 4 aromatic rings. The second-order valence-electron chi connectivity index (χ2n) is 7.69. The van der Waals surface area contributed by atoms with Crippen LogP contribution in [-0.4, -0.2) is 33.0 Å². The summed E-state index contributed by atoms with van der Waals surface area (Å²) in [6, 6.07) is 25.6. The van der Waals surface area contributed by atoms with Crippen molar-refractivity contribution in [3.05, 3.63) is 90.0 Å². The summed E-state index contributed by atoms with van der Waals surface area (Å²) in [4.78, 5) is 12.8. The predicted molar refractivity (Wildman–Crippen MR) is 133 cm³/mol. The lowest BCUT2D eigenvalue weighted by molar-refractivity contribution is -0.115. The molecule has 0 unspecified atom stereocenters. The van der Waals surface area contributed by atoms with E-state index in [2.05, 4.69) is 27.6 Å². The number of anilines is 1. The van der Waals surface area contributed by atoms with E-state index in [1.165, 1.54) is 11.8 Å². The second-order valence-corrected chi connectivity index (χ2v) is 9.00. The van der Waals surface area contributed by atoms with Gasteiger partial charge in [-0.05, 0) is 43.7 Å². The fourth-order valence-corrected chi connectivity index (χ4v) is 4.25. The molecule has 1 N–H and O–H groups in total. The Bertz CT molecular complexity index is 1220. The largest absolute Gasteiger partial charge is 0.496 e. The van der Waals surface area contributed by atoms with Crippen molar-refractivity contribution in [3.63, 3.8) is 0 Å². The van der Waals surface area contributed by atoms with Crippen molar-refractivity contribution in [2.75, 3.05) is 12.4 Å². The Balaban J connectivity index is 1.62. The number of ether oxygens (including phenoxy) is 1. The highest BCUT2D eigenvalue weighted by atomic mass is 32.2. The Labute approximate surface area is 198 Å². The molecule has 0 bridgehead atoms. The van der Waals surface area contributed by atoms with Crippen LogP contribution < -0.4 is 10.1 Å². The number of aromatic nitrogens is 3. The molecule has 33 heavy (non-hydrogen) atoms. The maximum Gasteiger partial charge on any atom is 0.237 e. The zero-order valence-corrected chi connectivity index (χ0v) is 19.7. The standard InChI is InChI=1S/C26H26N4O2S/c1-18-13-15-21(16-14-18)27-25(31)19(2)33-26-29-28-24(22-11-7-8-12-23(22)32-3)30(26)17-20-9-5-4-6-10-20/h4-16,19H,17H2,1-3H3,(H,27,31)/t19-/m1/s1. The molecule has 1 aromatic heterocycles. The van der Waals surface area contributed by atoms with Crippen LogP contribution in [-0.2, 0) is 11.3 Å². The molecule has 3 aromatic carbocycles. The van der Waals surface area contributed by atoms with Crippen LogP contribution in [0.25, 0.3) is 11.4 Å². The van der Waals surface area contributed by atoms with Gasteiger partial charge in [-0.25, -0.2) is 0 Å². The highest BCUT2D eigenvalue weighted by molar-refractivity contribution is 8.00. The number of benzene rings is 3. The van der Waals surface area contributed by atoms with Gasteiger partial charge in [0.1, 0.15) is 5.75 Å². The molecule has 0 radical (unpaired) electrons. The van der Waals surface area contributed by atoms with Crippen LogP contribution >= 0.6 is 11.8 Å². The molecule has 1 atom stereocenters. The fourth-order valence-electron chi connectivity index (χ4n) is 3.41. The van der Waals surface area contributed by atoms with E-state index in [-0.39, 0.29) is 11.2 Å². The summed E-state index contributed by atoms with van der Waals surface area (Å²) in [5.41, 5.74) is 3.89. The molecule has 0 fully saturated rings. The van der Waals surface area contributed by atoms with Gasteiger partial charge in [-0.2, -0.15) is 0 Å². The first-order chi connectivity index (χ1) is 16.0. The summed E-state index contributed by atoms with van der Waals surface area (Å²) >= 11 is 1.39. The highest BCUT2D eigenvalue weighted by Gasteiger charge is 2.22. The third kappa shape index (κ3) is 5.43. The normalized spacial score (nSPS) is 11.7. The van der Waals surface area contributed by atoms with Gasteiger partial charge < -0.3 is 10.1 Å². The number of rotatable bonds is 8. The monoisotopic (exact) mass is 458 g/mol. The Kier molecular flexibility index (Phi) is 7.10. The van der Waals surface area contributed by atoms with Gasteiger partial charge in [-0.15, -0.1) is 10.2 Å². The Morgan fingerprint density at radius 2 is 1.70 bits per heavy atom. The van der Waals surface area contributed by atoms with Crippen molar-refractivity contribution in [1.29, 1.82) is 0 Å². The molecule has 6 nitrogen and oxygen atoms in total. The summed E-state index contributed by atoms with van der Waals surface area (Å²) in [6.45, 7) is 4.47. The molecule has 0 aliphatic rings. The van der Waals surface area contributed by atoms with Crippen molar-refractivity contribution < 1.29 is 9.53 Å². The average molecular weight is 459 g/mol. The minimum absolute atomic E-state index is 0.0862. The molecule has 0 aliphatic carbocycles. The van der Waals surface area contributed by atoms with E-state index in [0.29, 0.717) is 17.5 Å². The van der Waals surface area contributed by atoms with Crippen molar-refractivity contribution in [2.24, 2.45) is 0 Å². The lowest BCUT2D eigenvalue weighted by Gasteiger charge is -2.15. The van der Waals surface area contributed by atoms with Crippen molar-refractivity contribution in [3.8, 4) is 17.1 Å². The quantitative estimate of drug-likeness (QED) is 0.357. The molecular formula is C26H26N4O2S. The van der Waals surface area contributed by atoms with Gasteiger partial charge in [0.15, 0.2) is 11.0 Å². The van der Waals surface area contributed by atoms with Crippen molar-refractivity contribution >= 4 is 23.4 Å². The lowest BCUT2D eigenvalue weighted by Crippen LogP contribution is -2.23. The van der Waals surface area contributed by atoms with Gasteiger partial charge in [0, 0.05) is 5.69 Å². The molecule has 7 heteroatoms. The van der Waals surface area contributed by atoms with Crippen LogP contribution in [0.15, 0.2) is 84.0 Å². The highest BCUT2D eigenvalue weighted by Crippen LogP contribution is 2.32. The third-order valence-electron chi connectivity index (χ3n) is 5.22. The van der Waals surface area contributed by atoms with Gasteiger partial charge in [-0.3, -0.25) is 9.36 Å². The molecule has 1 amide bonds. The summed E-state index contributed by atoms with van der Waals surface area (Å²) in [6.07, 6.45) is 0. The number of carbonyl (C=O) groups excluding carboxylic acids is 1. The summed E-state index contributed by atoms with van der Waals surface area (Å²) in [5, 5.41) is 12.2. The second kappa shape index (κ2) is 10.4. The Hall–Kier alpha value is -3.58. The molecule has 4 rings (SSSR count).